The molecule has 0 spiro atoms. The highest BCUT2D eigenvalue weighted by atomic mass is 79.9. The van der Waals surface area contributed by atoms with E-state index in [-0.39, 0.29) is 6.04 Å². The van der Waals surface area contributed by atoms with Gasteiger partial charge in [0.25, 0.3) is 0 Å². The highest BCUT2D eigenvalue weighted by molar-refractivity contribution is 9.10. The molecule has 0 saturated heterocycles. The summed E-state index contributed by atoms with van der Waals surface area (Å²) < 4.78 is 6.18. The van der Waals surface area contributed by atoms with Crippen molar-refractivity contribution in [1.82, 2.24) is 5.32 Å². The van der Waals surface area contributed by atoms with Gasteiger partial charge in [0.15, 0.2) is 0 Å². The fourth-order valence-corrected chi connectivity index (χ4v) is 2.59. The molecule has 0 radical (unpaired) electrons. The van der Waals surface area contributed by atoms with Gasteiger partial charge < -0.3 is 10.1 Å². The van der Waals surface area contributed by atoms with Gasteiger partial charge >= 0.3 is 0 Å². The van der Waals surface area contributed by atoms with Gasteiger partial charge in [0.2, 0.25) is 0 Å². The lowest BCUT2D eigenvalue weighted by Crippen LogP contribution is -2.18. The van der Waals surface area contributed by atoms with Crippen molar-refractivity contribution >= 4 is 27.5 Å². The molecule has 2 rings (SSSR count). The van der Waals surface area contributed by atoms with E-state index in [0.29, 0.717) is 0 Å². The molecule has 1 N–H and O–H groups in total. The van der Waals surface area contributed by atoms with Crippen LogP contribution in [0.5, 0.6) is 5.75 Å². The molecule has 0 aliphatic carbocycles. The summed E-state index contributed by atoms with van der Waals surface area (Å²) in [6.45, 7) is 0. The minimum absolute atomic E-state index is 0.215. The van der Waals surface area contributed by atoms with E-state index >= 15 is 0 Å². The molecule has 1 atom stereocenters. The maximum absolute atomic E-state index is 6.17. The van der Waals surface area contributed by atoms with Gasteiger partial charge in [-0.25, -0.2) is 0 Å². The molecule has 0 aliphatic heterocycles. The number of rotatable bonds is 5. The molecule has 1 unspecified atom stereocenters. The molecule has 0 amide bonds. The lowest BCUT2D eigenvalue weighted by molar-refractivity contribution is 0.414. The van der Waals surface area contributed by atoms with Gasteiger partial charge in [-0.3, -0.25) is 0 Å². The zero-order valence-electron chi connectivity index (χ0n) is 11.5. The predicted octanol–water partition coefficient (Wildman–Crippen LogP) is 4.61. The summed E-state index contributed by atoms with van der Waals surface area (Å²) in [5, 5.41) is 4.07. The number of methoxy groups -OCH3 is 1. The van der Waals surface area contributed by atoms with Gasteiger partial charge in [0.1, 0.15) is 5.75 Å². The van der Waals surface area contributed by atoms with E-state index in [1.165, 1.54) is 11.1 Å². The molecular formula is C16H17BrClNO. The minimum atomic E-state index is 0.215. The van der Waals surface area contributed by atoms with Crippen LogP contribution in [-0.2, 0) is 6.42 Å². The van der Waals surface area contributed by atoms with Crippen molar-refractivity contribution < 1.29 is 4.74 Å². The van der Waals surface area contributed by atoms with Gasteiger partial charge in [-0.1, -0.05) is 29.8 Å². The number of benzene rings is 2. The van der Waals surface area contributed by atoms with Crippen LogP contribution in [0.2, 0.25) is 5.02 Å². The van der Waals surface area contributed by atoms with Crippen molar-refractivity contribution in [2.45, 2.75) is 12.5 Å². The fourth-order valence-electron chi connectivity index (χ4n) is 2.15. The highest BCUT2D eigenvalue weighted by Gasteiger charge is 2.12. The van der Waals surface area contributed by atoms with E-state index in [9.17, 15) is 0 Å². The number of likely N-dealkylation sites (N-methyl/N-ethyl adjacent to an activating group) is 1. The summed E-state index contributed by atoms with van der Waals surface area (Å²) in [5.74, 6) is 0.881. The maximum Gasteiger partial charge on any atom is 0.119 e. The van der Waals surface area contributed by atoms with Crippen molar-refractivity contribution in [2.75, 3.05) is 14.2 Å². The quantitative estimate of drug-likeness (QED) is 0.846. The lowest BCUT2D eigenvalue weighted by Gasteiger charge is -2.18. The Hall–Kier alpha value is -1.03. The number of ether oxygens (including phenoxy) is 1. The van der Waals surface area contributed by atoms with Crippen molar-refractivity contribution in [1.29, 1.82) is 0 Å². The Morgan fingerprint density at radius 3 is 2.70 bits per heavy atom. The second kappa shape index (κ2) is 7.11. The van der Waals surface area contributed by atoms with Gasteiger partial charge in [-0.05, 0) is 64.8 Å². The summed E-state index contributed by atoms with van der Waals surface area (Å²) in [5.41, 5.74) is 2.39. The van der Waals surface area contributed by atoms with Crippen molar-refractivity contribution in [3.05, 3.63) is 63.1 Å². The number of nitrogens with one attached hydrogen (secondary N) is 1. The first-order valence-electron chi connectivity index (χ1n) is 6.39. The van der Waals surface area contributed by atoms with E-state index in [2.05, 4.69) is 39.4 Å². The van der Waals surface area contributed by atoms with Crippen LogP contribution in [0.15, 0.2) is 46.9 Å². The van der Waals surface area contributed by atoms with Crippen molar-refractivity contribution in [3.63, 3.8) is 0 Å². The second-order valence-electron chi connectivity index (χ2n) is 4.57. The van der Waals surface area contributed by atoms with E-state index in [1.807, 2.05) is 31.3 Å². The van der Waals surface area contributed by atoms with Gasteiger partial charge in [-0.2, -0.15) is 0 Å². The number of hydrogen-bond donors (Lipinski definition) is 1. The predicted molar refractivity (Wildman–Crippen MR) is 87.7 cm³/mol. The molecule has 0 fully saturated rings. The molecule has 0 saturated carbocycles. The van der Waals surface area contributed by atoms with E-state index < -0.39 is 0 Å². The molecule has 4 heteroatoms. The van der Waals surface area contributed by atoms with Crippen LogP contribution in [0.4, 0.5) is 0 Å². The summed E-state index contributed by atoms with van der Waals surface area (Å²) in [6, 6.07) is 14.4. The van der Waals surface area contributed by atoms with Crippen LogP contribution in [-0.4, -0.2) is 14.2 Å². The summed E-state index contributed by atoms with van der Waals surface area (Å²) >= 11 is 9.59. The van der Waals surface area contributed by atoms with E-state index in [1.54, 1.807) is 7.11 Å². The van der Waals surface area contributed by atoms with Crippen LogP contribution in [0.25, 0.3) is 0 Å². The Balaban J connectivity index is 2.21. The third kappa shape index (κ3) is 3.75. The maximum atomic E-state index is 6.17. The Morgan fingerprint density at radius 1 is 1.25 bits per heavy atom. The molecule has 2 aromatic carbocycles. The summed E-state index contributed by atoms with van der Waals surface area (Å²) in [4.78, 5) is 0. The van der Waals surface area contributed by atoms with Gasteiger partial charge in [0.05, 0.1) is 12.1 Å². The molecule has 20 heavy (non-hydrogen) atoms. The van der Waals surface area contributed by atoms with Crippen molar-refractivity contribution in [3.8, 4) is 5.75 Å². The number of halogens is 2. The molecule has 0 bridgehead atoms. The van der Waals surface area contributed by atoms with E-state index in [4.69, 9.17) is 16.3 Å². The van der Waals surface area contributed by atoms with Crippen molar-refractivity contribution in [2.24, 2.45) is 0 Å². The average Bonchev–Trinajstić information content (AvgIpc) is 2.48. The molecule has 2 nitrogen and oxygen atoms in total. The normalized spacial score (nSPS) is 12.2. The Morgan fingerprint density at radius 2 is 2.05 bits per heavy atom. The first kappa shape index (κ1) is 15.4. The largest absolute Gasteiger partial charge is 0.497 e. The topological polar surface area (TPSA) is 21.3 Å². The molecule has 0 aliphatic rings. The van der Waals surface area contributed by atoms with Crippen LogP contribution in [0.3, 0.4) is 0 Å². The minimum Gasteiger partial charge on any atom is -0.497 e. The molecule has 0 aromatic heterocycles. The second-order valence-corrected chi connectivity index (χ2v) is 5.83. The third-order valence-electron chi connectivity index (χ3n) is 3.27. The zero-order valence-corrected chi connectivity index (χ0v) is 13.8. The van der Waals surface area contributed by atoms with E-state index in [0.717, 1.165) is 21.7 Å². The monoisotopic (exact) mass is 353 g/mol. The fraction of sp³-hybridized carbons (Fsp3) is 0.250. The molecular weight excluding hydrogens is 338 g/mol. The van der Waals surface area contributed by atoms with Gasteiger partial charge in [-0.15, -0.1) is 0 Å². The first-order valence-corrected chi connectivity index (χ1v) is 7.56. The first-order chi connectivity index (χ1) is 9.63. The number of hydrogen-bond acceptors (Lipinski definition) is 2. The molecule has 2 aromatic rings. The Labute approximate surface area is 133 Å². The van der Waals surface area contributed by atoms with Crippen LogP contribution in [0, 0.1) is 0 Å². The zero-order chi connectivity index (χ0) is 14.5. The van der Waals surface area contributed by atoms with Crippen LogP contribution in [0.1, 0.15) is 17.2 Å². The smallest absolute Gasteiger partial charge is 0.119 e. The summed E-state index contributed by atoms with van der Waals surface area (Å²) in [7, 11) is 3.64. The average molecular weight is 355 g/mol. The van der Waals surface area contributed by atoms with Crippen LogP contribution < -0.4 is 10.1 Å². The lowest BCUT2D eigenvalue weighted by atomic mass is 9.99. The molecule has 0 heterocycles. The summed E-state index contributed by atoms with van der Waals surface area (Å²) in [6.07, 6.45) is 0.881. The Bertz CT molecular complexity index is 588. The Kier molecular flexibility index (Phi) is 5.46. The SMILES string of the molecule is CNC(Cc1cccc(OC)c1)c1ccc(Br)c(Cl)c1. The van der Waals surface area contributed by atoms with Gasteiger partial charge in [0, 0.05) is 10.5 Å². The molecule has 106 valence electrons. The standard InChI is InChI=1S/C16H17BrClNO/c1-19-16(12-6-7-14(17)15(18)10-12)9-11-4-3-5-13(8-11)20-2/h3-8,10,16,19H,9H2,1-2H3. The highest BCUT2D eigenvalue weighted by Crippen LogP contribution is 2.28. The third-order valence-corrected chi connectivity index (χ3v) is 4.50. The van der Waals surface area contributed by atoms with Crippen LogP contribution >= 0.6 is 27.5 Å².